The first-order valence-corrected chi connectivity index (χ1v) is 9.28. The molecule has 0 bridgehead atoms. The number of thiocarbonyl (C=S) groups is 1. The molecule has 0 atom stereocenters. The molecule has 2 rings (SSSR count). The summed E-state index contributed by atoms with van der Waals surface area (Å²) in [5.74, 6) is 0.901. The molecule has 0 saturated heterocycles. The predicted octanol–water partition coefficient (Wildman–Crippen LogP) is 3.07. The zero-order valence-corrected chi connectivity index (χ0v) is 17.0. The summed E-state index contributed by atoms with van der Waals surface area (Å²) in [6, 6.07) is 14.4. The third-order valence-electron chi connectivity index (χ3n) is 3.97. The Hall–Kier alpha value is -2.93. The molecule has 1 amide bonds. The van der Waals surface area contributed by atoms with Crippen LogP contribution in [0, 0.1) is 0 Å². The van der Waals surface area contributed by atoms with Gasteiger partial charge in [-0.05, 0) is 48.0 Å². The molecule has 0 unspecified atom stereocenters. The molecular weight excluding hydrogens is 376 g/mol. The second kappa shape index (κ2) is 10.4. The Kier molecular flexibility index (Phi) is 7.95. The normalized spacial score (nSPS) is 10.3. The van der Waals surface area contributed by atoms with Gasteiger partial charge in [-0.1, -0.05) is 38.1 Å². The van der Waals surface area contributed by atoms with Crippen LogP contribution in [0.5, 0.6) is 11.5 Å². The lowest BCUT2D eigenvalue weighted by atomic mass is 10.0. The standard InChI is InChI=1S/C21H24N2O4S/c1-14(2)15-8-10-17(11-9-15)27-13-16(24)12-22-21(28)23-20(25)18-6-4-5-7-19(18)26-3/h4-11,14H,12-13H2,1-3H3,(H2,22,23,25,28). The van der Waals surface area contributed by atoms with Crippen LogP contribution in [0.2, 0.25) is 0 Å². The van der Waals surface area contributed by atoms with E-state index in [2.05, 4.69) is 24.5 Å². The molecule has 0 spiro atoms. The summed E-state index contributed by atoms with van der Waals surface area (Å²) >= 11 is 5.07. The van der Waals surface area contributed by atoms with Crippen LogP contribution in [0.15, 0.2) is 48.5 Å². The van der Waals surface area contributed by atoms with E-state index in [0.29, 0.717) is 23.0 Å². The molecule has 28 heavy (non-hydrogen) atoms. The number of amides is 1. The number of hydrogen-bond acceptors (Lipinski definition) is 5. The third-order valence-corrected chi connectivity index (χ3v) is 4.22. The molecule has 0 heterocycles. The van der Waals surface area contributed by atoms with Crippen LogP contribution < -0.4 is 20.1 Å². The third kappa shape index (κ3) is 6.35. The second-order valence-corrected chi connectivity index (χ2v) is 6.80. The smallest absolute Gasteiger partial charge is 0.261 e. The number of rotatable bonds is 8. The molecule has 0 saturated carbocycles. The Bertz CT molecular complexity index is 835. The Morgan fingerprint density at radius 2 is 1.75 bits per heavy atom. The van der Waals surface area contributed by atoms with Crippen LogP contribution in [0.25, 0.3) is 0 Å². The van der Waals surface area contributed by atoms with Crippen molar-refractivity contribution in [1.82, 2.24) is 10.6 Å². The van der Waals surface area contributed by atoms with Gasteiger partial charge in [0.05, 0.1) is 19.2 Å². The van der Waals surface area contributed by atoms with E-state index in [4.69, 9.17) is 21.7 Å². The van der Waals surface area contributed by atoms with E-state index in [-0.39, 0.29) is 24.0 Å². The summed E-state index contributed by atoms with van der Waals surface area (Å²) in [5.41, 5.74) is 1.56. The maximum atomic E-state index is 12.2. The average Bonchev–Trinajstić information content (AvgIpc) is 2.70. The first-order chi connectivity index (χ1) is 13.4. The summed E-state index contributed by atoms with van der Waals surface area (Å²) in [4.78, 5) is 24.2. The number of carbonyl (C=O) groups excluding carboxylic acids is 2. The number of Topliss-reactive ketones (excluding diaryl/α,β-unsaturated/α-hetero) is 1. The number of hydrogen-bond donors (Lipinski definition) is 2. The van der Waals surface area contributed by atoms with Crippen LogP contribution >= 0.6 is 12.2 Å². The molecule has 2 N–H and O–H groups in total. The maximum Gasteiger partial charge on any atom is 0.261 e. The molecule has 0 aliphatic heterocycles. The molecule has 2 aromatic rings. The number of carbonyl (C=O) groups is 2. The van der Waals surface area contributed by atoms with Gasteiger partial charge in [0.2, 0.25) is 0 Å². The molecule has 0 aliphatic carbocycles. The SMILES string of the molecule is COc1ccccc1C(=O)NC(=S)NCC(=O)COc1ccc(C(C)C)cc1. The van der Waals surface area contributed by atoms with Gasteiger partial charge in [0.25, 0.3) is 5.91 Å². The van der Waals surface area contributed by atoms with Gasteiger partial charge >= 0.3 is 0 Å². The summed E-state index contributed by atoms with van der Waals surface area (Å²) in [6.07, 6.45) is 0. The highest BCUT2D eigenvalue weighted by Crippen LogP contribution is 2.18. The zero-order chi connectivity index (χ0) is 20.5. The van der Waals surface area contributed by atoms with Crippen molar-refractivity contribution in [2.75, 3.05) is 20.3 Å². The predicted molar refractivity (Wildman–Crippen MR) is 112 cm³/mol. The molecule has 6 nitrogen and oxygen atoms in total. The van der Waals surface area contributed by atoms with Crippen LogP contribution in [0.4, 0.5) is 0 Å². The molecule has 0 fully saturated rings. The van der Waals surface area contributed by atoms with Gasteiger partial charge in [0.1, 0.15) is 18.1 Å². The van der Waals surface area contributed by atoms with E-state index in [1.54, 1.807) is 24.3 Å². The van der Waals surface area contributed by atoms with E-state index in [1.807, 2.05) is 24.3 Å². The highest BCUT2D eigenvalue weighted by molar-refractivity contribution is 7.80. The highest BCUT2D eigenvalue weighted by atomic mass is 32.1. The van der Waals surface area contributed by atoms with Crippen molar-refractivity contribution in [2.24, 2.45) is 0 Å². The fraction of sp³-hybridized carbons (Fsp3) is 0.286. The van der Waals surface area contributed by atoms with Crippen LogP contribution in [-0.4, -0.2) is 37.1 Å². The minimum Gasteiger partial charge on any atom is -0.496 e. The van der Waals surface area contributed by atoms with Crippen LogP contribution in [0.1, 0.15) is 35.7 Å². The fourth-order valence-electron chi connectivity index (χ4n) is 2.39. The number of methoxy groups -OCH3 is 1. The molecule has 2 aromatic carbocycles. The highest BCUT2D eigenvalue weighted by Gasteiger charge is 2.13. The number of nitrogens with one attached hydrogen (secondary N) is 2. The monoisotopic (exact) mass is 400 g/mol. The van der Waals surface area contributed by atoms with Crippen molar-refractivity contribution in [1.29, 1.82) is 0 Å². The van der Waals surface area contributed by atoms with Gasteiger partial charge in [-0.2, -0.15) is 0 Å². The largest absolute Gasteiger partial charge is 0.496 e. The fourth-order valence-corrected chi connectivity index (χ4v) is 2.55. The van der Waals surface area contributed by atoms with Gasteiger partial charge < -0.3 is 14.8 Å². The van der Waals surface area contributed by atoms with Gasteiger partial charge in [-0.25, -0.2) is 0 Å². The van der Waals surface area contributed by atoms with Gasteiger partial charge in [0.15, 0.2) is 10.9 Å². The lowest BCUT2D eigenvalue weighted by Crippen LogP contribution is -2.42. The summed E-state index contributed by atoms with van der Waals surface area (Å²) in [5, 5.41) is 5.30. The Labute approximate surface area is 170 Å². The van der Waals surface area contributed by atoms with E-state index in [9.17, 15) is 9.59 Å². The minimum absolute atomic E-state index is 0.0465. The van der Waals surface area contributed by atoms with Crippen molar-refractivity contribution >= 4 is 29.0 Å². The summed E-state index contributed by atoms with van der Waals surface area (Å²) in [6.45, 7) is 4.09. The number of ether oxygens (including phenoxy) is 2. The van der Waals surface area contributed by atoms with Gasteiger partial charge in [0, 0.05) is 0 Å². The molecule has 0 aliphatic rings. The first-order valence-electron chi connectivity index (χ1n) is 8.87. The quantitative estimate of drug-likeness (QED) is 0.663. The molecule has 0 radical (unpaired) electrons. The molecule has 7 heteroatoms. The van der Waals surface area contributed by atoms with Crippen molar-refractivity contribution in [3.8, 4) is 11.5 Å². The lowest BCUT2D eigenvalue weighted by Gasteiger charge is -2.12. The summed E-state index contributed by atoms with van der Waals surface area (Å²) < 4.78 is 10.6. The topological polar surface area (TPSA) is 76.7 Å². The van der Waals surface area contributed by atoms with E-state index >= 15 is 0 Å². The second-order valence-electron chi connectivity index (χ2n) is 6.39. The number of benzene rings is 2. The average molecular weight is 401 g/mol. The zero-order valence-electron chi connectivity index (χ0n) is 16.2. The maximum absolute atomic E-state index is 12.2. The van der Waals surface area contributed by atoms with E-state index in [1.165, 1.54) is 12.7 Å². The summed E-state index contributed by atoms with van der Waals surface area (Å²) in [7, 11) is 1.48. The Morgan fingerprint density at radius 1 is 1.07 bits per heavy atom. The van der Waals surface area contributed by atoms with E-state index < -0.39 is 5.91 Å². The van der Waals surface area contributed by atoms with Gasteiger partial charge in [-0.3, -0.25) is 14.9 Å². The molecular formula is C21H24N2O4S. The number of ketones is 1. The van der Waals surface area contributed by atoms with Crippen molar-refractivity contribution in [2.45, 2.75) is 19.8 Å². The lowest BCUT2D eigenvalue weighted by molar-refractivity contribution is -0.119. The molecule has 0 aromatic heterocycles. The molecule has 148 valence electrons. The van der Waals surface area contributed by atoms with Crippen molar-refractivity contribution < 1.29 is 19.1 Å². The van der Waals surface area contributed by atoms with Crippen LogP contribution in [-0.2, 0) is 4.79 Å². The van der Waals surface area contributed by atoms with Crippen molar-refractivity contribution in [3.05, 3.63) is 59.7 Å². The Morgan fingerprint density at radius 3 is 2.39 bits per heavy atom. The first kappa shape index (κ1) is 21.4. The van der Waals surface area contributed by atoms with E-state index in [0.717, 1.165) is 0 Å². The van der Waals surface area contributed by atoms with Crippen LogP contribution in [0.3, 0.4) is 0 Å². The Balaban J connectivity index is 1.76. The number of para-hydroxylation sites is 1. The van der Waals surface area contributed by atoms with Gasteiger partial charge in [-0.15, -0.1) is 0 Å². The van der Waals surface area contributed by atoms with Crippen molar-refractivity contribution in [3.63, 3.8) is 0 Å². The minimum atomic E-state index is -0.413.